The summed E-state index contributed by atoms with van der Waals surface area (Å²) in [5, 5.41) is 0. The normalized spacial score (nSPS) is 10.6. The number of hydrogen-bond donors (Lipinski definition) is 1. The molecule has 88 valence electrons. The maximum atomic E-state index is 12.8. The number of rotatable bonds is 4. The van der Waals surface area contributed by atoms with Gasteiger partial charge in [0.05, 0.1) is 6.61 Å². The van der Waals surface area contributed by atoms with E-state index in [0.29, 0.717) is 23.7 Å². The quantitative estimate of drug-likeness (QED) is 0.799. The molecule has 0 saturated carbocycles. The Morgan fingerprint density at radius 2 is 2.19 bits per heavy atom. The van der Waals surface area contributed by atoms with E-state index >= 15 is 0 Å². The number of hydroxylamine groups is 1. The fraction of sp³-hybridized carbons (Fsp3) is 0.417. The Hall–Kier alpha value is -1.42. The first kappa shape index (κ1) is 12.6. The van der Waals surface area contributed by atoms with Gasteiger partial charge < -0.3 is 0 Å². The van der Waals surface area contributed by atoms with Crippen LogP contribution in [-0.2, 0) is 4.84 Å². The molecule has 0 radical (unpaired) electrons. The minimum atomic E-state index is -0.350. The van der Waals surface area contributed by atoms with E-state index in [1.165, 1.54) is 18.2 Å². The molecule has 0 aliphatic heterocycles. The molecule has 1 rings (SSSR count). The molecule has 0 saturated heterocycles. The highest BCUT2D eigenvalue weighted by atomic mass is 19.1. The van der Waals surface area contributed by atoms with Gasteiger partial charge in [-0.05, 0) is 36.6 Å². The summed E-state index contributed by atoms with van der Waals surface area (Å²) in [5.74, 6) is -0.357. The van der Waals surface area contributed by atoms with Crippen LogP contribution in [0.3, 0.4) is 0 Å². The maximum absolute atomic E-state index is 12.8. The number of carbonyl (C=O) groups is 1. The molecule has 0 heterocycles. The van der Waals surface area contributed by atoms with Crippen molar-refractivity contribution in [3.63, 3.8) is 0 Å². The standard InChI is InChI=1S/C12H16FNO2/c1-8(2)7-16-14-12(15)11-5-4-10(13)6-9(11)3/h4-6,8H,7H2,1-3H3,(H,14,15). The summed E-state index contributed by atoms with van der Waals surface area (Å²) < 4.78 is 12.8. The minimum Gasteiger partial charge on any atom is -0.273 e. The highest BCUT2D eigenvalue weighted by molar-refractivity contribution is 5.94. The van der Waals surface area contributed by atoms with Gasteiger partial charge in [0, 0.05) is 5.56 Å². The van der Waals surface area contributed by atoms with Crippen molar-refractivity contribution in [2.75, 3.05) is 6.61 Å². The van der Waals surface area contributed by atoms with E-state index in [1.54, 1.807) is 6.92 Å². The minimum absolute atomic E-state index is 0.342. The molecule has 0 aliphatic rings. The lowest BCUT2D eigenvalue weighted by Gasteiger charge is -2.09. The summed E-state index contributed by atoms with van der Waals surface area (Å²) in [6, 6.07) is 4.01. The molecule has 1 N–H and O–H groups in total. The van der Waals surface area contributed by atoms with E-state index in [2.05, 4.69) is 5.48 Å². The molecule has 4 heteroatoms. The lowest BCUT2D eigenvalue weighted by molar-refractivity contribution is 0.0208. The molecular formula is C12H16FNO2. The fourth-order valence-electron chi connectivity index (χ4n) is 1.21. The van der Waals surface area contributed by atoms with Crippen LogP contribution < -0.4 is 5.48 Å². The van der Waals surface area contributed by atoms with Gasteiger partial charge in [-0.15, -0.1) is 0 Å². The Labute approximate surface area is 94.6 Å². The van der Waals surface area contributed by atoms with Crippen molar-refractivity contribution in [2.45, 2.75) is 20.8 Å². The third-order valence-corrected chi connectivity index (χ3v) is 2.01. The molecule has 0 aliphatic carbocycles. The second kappa shape index (κ2) is 5.61. The van der Waals surface area contributed by atoms with Crippen molar-refractivity contribution in [1.82, 2.24) is 5.48 Å². The first-order valence-electron chi connectivity index (χ1n) is 5.19. The van der Waals surface area contributed by atoms with Gasteiger partial charge in [-0.1, -0.05) is 13.8 Å². The second-order valence-electron chi connectivity index (χ2n) is 4.10. The van der Waals surface area contributed by atoms with Crippen LogP contribution in [0.1, 0.15) is 29.8 Å². The van der Waals surface area contributed by atoms with Gasteiger partial charge in [-0.25, -0.2) is 9.87 Å². The van der Waals surface area contributed by atoms with E-state index in [-0.39, 0.29) is 11.7 Å². The Bertz CT molecular complexity index is 377. The van der Waals surface area contributed by atoms with Gasteiger partial charge >= 0.3 is 0 Å². The zero-order valence-corrected chi connectivity index (χ0v) is 9.71. The van der Waals surface area contributed by atoms with E-state index in [0.717, 1.165) is 0 Å². The van der Waals surface area contributed by atoms with Crippen LogP contribution in [0.15, 0.2) is 18.2 Å². The summed E-state index contributed by atoms with van der Waals surface area (Å²) in [6.45, 7) is 6.09. The third-order valence-electron chi connectivity index (χ3n) is 2.01. The number of amides is 1. The third kappa shape index (κ3) is 3.62. The fourth-order valence-corrected chi connectivity index (χ4v) is 1.21. The predicted molar refractivity (Wildman–Crippen MR) is 59.4 cm³/mol. The number of halogens is 1. The summed E-state index contributed by atoms with van der Waals surface area (Å²) >= 11 is 0. The molecule has 0 unspecified atom stereocenters. The maximum Gasteiger partial charge on any atom is 0.275 e. The van der Waals surface area contributed by atoms with Crippen molar-refractivity contribution in [2.24, 2.45) is 5.92 Å². The molecule has 1 aromatic carbocycles. The molecule has 0 spiro atoms. The van der Waals surface area contributed by atoms with Crippen molar-refractivity contribution in [1.29, 1.82) is 0 Å². The van der Waals surface area contributed by atoms with Crippen LogP contribution in [-0.4, -0.2) is 12.5 Å². The van der Waals surface area contributed by atoms with E-state index < -0.39 is 0 Å². The molecule has 3 nitrogen and oxygen atoms in total. The zero-order valence-electron chi connectivity index (χ0n) is 9.71. The molecule has 1 aromatic rings. The van der Waals surface area contributed by atoms with Crippen molar-refractivity contribution < 1.29 is 14.0 Å². The molecule has 0 fully saturated rings. The highest BCUT2D eigenvalue weighted by Crippen LogP contribution is 2.09. The largest absolute Gasteiger partial charge is 0.275 e. The molecule has 0 atom stereocenters. The SMILES string of the molecule is Cc1cc(F)ccc1C(=O)NOCC(C)C. The van der Waals surface area contributed by atoms with Crippen molar-refractivity contribution in [3.8, 4) is 0 Å². The van der Waals surface area contributed by atoms with Gasteiger partial charge in [0.2, 0.25) is 0 Å². The Morgan fingerprint density at radius 3 is 2.75 bits per heavy atom. The van der Waals surface area contributed by atoms with Gasteiger partial charge in [-0.2, -0.15) is 0 Å². The van der Waals surface area contributed by atoms with E-state index in [4.69, 9.17) is 4.84 Å². The zero-order chi connectivity index (χ0) is 12.1. The van der Waals surface area contributed by atoms with Crippen LogP contribution in [0.5, 0.6) is 0 Å². The molecule has 1 amide bonds. The average molecular weight is 225 g/mol. The Kier molecular flexibility index (Phi) is 4.43. The number of nitrogens with one attached hydrogen (secondary N) is 1. The number of carbonyl (C=O) groups excluding carboxylic acids is 1. The monoisotopic (exact) mass is 225 g/mol. The lowest BCUT2D eigenvalue weighted by Crippen LogP contribution is -2.26. The predicted octanol–water partition coefficient (Wildman–Crippen LogP) is 2.45. The molecule has 0 aromatic heterocycles. The average Bonchev–Trinajstić information content (AvgIpc) is 2.16. The number of benzene rings is 1. The van der Waals surface area contributed by atoms with Gasteiger partial charge in [-0.3, -0.25) is 9.63 Å². The molecular weight excluding hydrogens is 209 g/mol. The lowest BCUT2D eigenvalue weighted by atomic mass is 10.1. The summed E-state index contributed by atoms with van der Waals surface area (Å²) in [7, 11) is 0. The van der Waals surface area contributed by atoms with Crippen LogP contribution in [0, 0.1) is 18.7 Å². The van der Waals surface area contributed by atoms with E-state index in [1.807, 2.05) is 13.8 Å². The summed E-state index contributed by atoms with van der Waals surface area (Å²) in [5.41, 5.74) is 3.34. The first-order valence-corrected chi connectivity index (χ1v) is 5.19. The second-order valence-corrected chi connectivity index (χ2v) is 4.10. The number of hydrogen-bond acceptors (Lipinski definition) is 2. The Balaban J connectivity index is 2.59. The van der Waals surface area contributed by atoms with Crippen molar-refractivity contribution >= 4 is 5.91 Å². The van der Waals surface area contributed by atoms with Gasteiger partial charge in [0.1, 0.15) is 5.82 Å². The smallest absolute Gasteiger partial charge is 0.273 e. The first-order chi connectivity index (χ1) is 7.50. The highest BCUT2D eigenvalue weighted by Gasteiger charge is 2.09. The summed E-state index contributed by atoms with van der Waals surface area (Å²) in [4.78, 5) is 16.6. The van der Waals surface area contributed by atoms with E-state index in [9.17, 15) is 9.18 Å². The van der Waals surface area contributed by atoms with Crippen molar-refractivity contribution in [3.05, 3.63) is 35.1 Å². The van der Waals surface area contributed by atoms with Crippen LogP contribution in [0.2, 0.25) is 0 Å². The van der Waals surface area contributed by atoms with Gasteiger partial charge in [0.15, 0.2) is 0 Å². The van der Waals surface area contributed by atoms with Crippen LogP contribution >= 0.6 is 0 Å². The Morgan fingerprint density at radius 1 is 1.50 bits per heavy atom. The van der Waals surface area contributed by atoms with Crippen LogP contribution in [0.4, 0.5) is 4.39 Å². The number of aryl methyl sites for hydroxylation is 1. The van der Waals surface area contributed by atoms with Crippen LogP contribution in [0.25, 0.3) is 0 Å². The van der Waals surface area contributed by atoms with Gasteiger partial charge in [0.25, 0.3) is 5.91 Å². The topological polar surface area (TPSA) is 38.3 Å². The summed E-state index contributed by atoms with van der Waals surface area (Å²) in [6.07, 6.45) is 0. The molecule has 0 bridgehead atoms. The molecule has 16 heavy (non-hydrogen) atoms.